The van der Waals surface area contributed by atoms with Crippen LogP contribution in [0.15, 0.2) is 6.20 Å². The number of aliphatic hydroxyl groups excluding tert-OH is 3. The molecule has 3 rings (SSSR count). The normalized spacial score (nSPS) is 19.7. The van der Waals surface area contributed by atoms with Crippen LogP contribution < -0.4 is 4.74 Å². The van der Waals surface area contributed by atoms with Crippen LogP contribution in [0.3, 0.4) is 0 Å². The summed E-state index contributed by atoms with van der Waals surface area (Å²) in [5.41, 5.74) is 0.709. The van der Waals surface area contributed by atoms with Gasteiger partial charge in [0.15, 0.2) is 6.29 Å². The lowest BCUT2D eigenvalue weighted by Crippen LogP contribution is -2.55. The number of halogens is 5. The van der Waals surface area contributed by atoms with Gasteiger partial charge in [-0.3, -0.25) is 4.79 Å². The van der Waals surface area contributed by atoms with Crippen LogP contribution in [0.2, 0.25) is 0 Å². The molecule has 1 saturated heterocycles. The lowest BCUT2D eigenvalue weighted by atomic mass is 9.92. The second kappa shape index (κ2) is 27.6. The fourth-order valence-electron chi connectivity index (χ4n) is 4.97. The van der Waals surface area contributed by atoms with Crippen LogP contribution in [0.4, 0.5) is 22.0 Å². The van der Waals surface area contributed by atoms with Crippen LogP contribution in [0.5, 0.6) is 5.75 Å². The standard InChI is InChI=1S/C35H52F5N3O14/c1-23-32(46)33(47)25(22-44)56-35(23)55-9-3-24-21-43(42-41-24)5-10-51-14-16-53-18-20-54-19-17-52-15-12-49-7-2-6-48-11-13-50-8-4-26(45)57-34-30(39)28(37)27(36)29(38)31(34)40/h21,23,25,32-33,35,44,46-47H,2-20,22H2,1H3/t23-,25-,32-,33+,35-/m1/s1. The summed E-state index contributed by atoms with van der Waals surface area (Å²) in [5, 5.41) is 37.6. The van der Waals surface area contributed by atoms with Crippen molar-refractivity contribution in [2.24, 2.45) is 5.92 Å². The second-order valence-electron chi connectivity index (χ2n) is 12.4. The molecule has 1 aliphatic heterocycles. The minimum absolute atomic E-state index is 0.0923. The summed E-state index contributed by atoms with van der Waals surface area (Å²) in [4.78, 5) is 11.7. The van der Waals surface area contributed by atoms with Crippen molar-refractivity contribution >= 4 is 5.97 Å². The van der Waals surface area contributed by atoms with Crippen LogP contribution >= 0.6 is 0 Å². The first-order valence-electron chi connectivity index (χ1n) is 18.4. The van der Waals surface area contributed by atoms with Gasteiger partial charge in [0, 0.05) is 31.7 Å². The summed E-state index contributed by atoms with van der Waals surface area (Å²) in [7, 11) is 0. The van der Waals surface area contributed by atoms with E-state index in [2.05, 4.69) is 15.0 Å². The summed E-state index contributed by atoms with van der Waals surface area (Å²) in [6.07, 6.45) is -1.54. The number of hydrogen-bond acceptors (Lipinski definition) is 16. The topological polar surface area (TPSA) is 201 Å². The summed E-state index contributed by atoms with van der Waals surface area (Å²) in [5.74, 6) is -14.6. The van der Waals surface area contributed by atoms with Crippen LogP contribution in [-0.4, -0.2) is 167 Å². The van der Waals surface area contributed by atoms with Gasteiger partial charge in [0.1, 0.15) is 12.2 Å². The Balaban J connectivity index is 1.01. The van der Waals surface area contributed by atoms with E-state index in [1.165, 1.54) is 0 Å². The van der Waals surface area contributed by atoms with E-state index in [0.717, 1.165) is 0 Å². The maximum atomic E-state index is 13.6. The Morgan fingerprint density at radius 2 is 1.19 bits per heavy atom. The molecule has 22 heteroatoms. The Bertz CT molecular complexity index is 1400. The fraction of sp³-hybridized carbons (Fsp3) is 0.743. The first-order valence-corrected chi connectivity index (χ1v) is 18.4. The highest BCUT2D eigenvalue weighted by Crippen LogP contribution is 2.29. The Hall–Kier alpha value is -3.00. The van der Waals surface area contributed by atoms with Crippen molar-refractivity contribution in [3.05, 3.63) is 41.0 Å². The van der Waals surface area contributed by atoms with Crippen LogP contribution in [-0.2, 0) is 60.4 Å². The molecular weight excluding hydrogens is 781 g/mol. The molecule has 0 unspecified atom stereocenters. The number of esters is 1. The molecule has 1 aromatic carbocycles. The predicted molar refractivity (Wildman–Crippen MR) is 183 cm³/mol. The molecule has 326 valence electrons. The Labute approximate surface area is 326 Å². The lowest BCUT2D eigenvalue weighted by molar-refractivity contribution is -0.282. The first-order chi connectivity index (χ1) is 27.5. The number of nitrogens with zero attached hydrogens (tertiary/aromatic N) is 3. The lowest BCUT2D eigenvalue weighted by Gasteiger charge is -2.40. The smallest absolute Gasteiger partial charge is 0.313 e. The van der Waals surface area contributed by atoms with Crippen molar-refractivity contribution in [1.29, 1.82) is 0 Å². The molecule has 0 spiro atoms. The molecular formula is C35H52F5N3O14. The largest absolute Gasteiger partial charge is 0.420 e. The fourth-order valence-corrected chi connectivity index (χ4v) is 4.97. The van der Waals surface area contributed by atoms with Crippen LogP contribution in [0.1, 0.15) is 25.5 Å². The molecule has 3 N–H and O–H groups in total. The van der Waals surface area contributed by atoms with Gasteiger partial charge in [0.05, 0.1) is 117 Å². The number of carbonyl (C=O) groups is 1. The van der Waals surface area contributed by atoms with Gasteiger partial charge in [-0.15, -0.1) is 5.10 Å². The summed E-state index contributed by atoms with van der Waals surface area (Å²) in [6, 6.07) is 0. The molecule has 0 bridgehead atoms. The van der Waals surface area contributed by atoms with E-state index in [1.807, 2.05) is 0 Å². The highest BCUT2D eigenvalue weighted by atomic mass is 19.2. The third-order valence-corrected chi connectivity index (χ3v) is 8.15. The van der Waals surface area contributed by atoms with Crippen molar-refractivity contribution in [2.45, 2.75) is 57.3 Å². The maximum absolute atomic E-state index is 13.6. The zero-order chi connectivity index (χ0) is 41.4. The highest BCUT2D eigenvalue weighted by Gasteiger charge is 2.42. The Morgan fingerprint density at radius 1 is 0.702 bits per heavy atom. The molecule has 1 aromatic heterocycles. The molecule has 2 heterocycles. The van der Waals surface area contributed by atoms with Gasteiger partial charge in [0.25, 0.3) is 0 Å². The minimum Gasteiger partial charge on any atom is -0.420 e. The van der Waals surface area contributed by atoms with E-state index in [-0.39, 0.29) is 26.4 Å². The molecule has 1 fully saturated rings. The molecule has 17 nitrogen and oxygen atoms in total. The van der Waals surface area contributed by atoms with Gasteiger partial charge in [0.2, 0.25) is 34.8 Å². The van der Waals surface area contributed by atoms with E-state index in [9.17, 15) is 42.1 Å². The van der Waals surface area contributed by atoms with Crippen LogP contribution in [0, 0.1) is 35.0 Å². The number of benzene rings is 1. The molecule has 0 aliphatic carbocycles. The minimum atomic E-state index is -2.35. The van der Waals surface area contributed by atoms with Gasteiger partial charge < -0.3 is 62.7 Å². The van der Waals surface area contributed by atoms with Gasteiger partial charge in [-0.1, -0.05) is 12.1 Å². The van der Waals surface area contributed by atoms with Gasteiger partial charge >= 0.3 is 5.97 Å². The van der Waals surface area contributed by atoms with Gasteiger partial charge in [-0.25, -0.2) is 17.9 Å². The number of carbonyl (C=O) groups excluding carboxylic acids is 1. The molecule has 57 heavy (non-hydrogen) atoms. The molecule has 0 radical (unpaired) electrons. The van der Waals surface area contributed by atoms with Crippen molar-refractivity contribution in [1.82, 2.24) is 15.0 Å². The number of aliphatic hydroxyl groups is 3. The van der Waals surface area contributed by atoms with Crippen LogP contribution in [0.25, 0.3) is 0 Å². The molecule has 0 saturated carbocycles. The van der Waals surface area contributed by atoms with E-state index in [0.29, 0.717) is 97.8 Å². The zero-order valence-corrected chi connectivity index (χ0v) is 31.7. The van der Waals surface area contributed by atoms with Crippen molar-refractivity contribution in [3.8, 4) is 5.75 Å². The predicted octanol–water partition coefficient (Wildman–Crippen LogP) is 1.11. The average molecular weight is 834 g/mol. The summed E-state index contributed by atoms with van der Waals surface area (Å²) >= 11 is 0. The third kappa shape index (κ3) is 17.4. The van der Waals surface area contributed by atoms with E-state index in [1.54, 1.807) is 17.8 Å². The van der Waals surface area contributed by atoms with Gasteiger partial charge in [-0.2, -0.15) is 8.78 Å². The van der Waals surface area contributed by atoms with Crippen molar-refractivity contribution in [3.63, 3.8) is 0 Å². The monoisotopic (exact) mass is 833 g/mol. The summed E-state index contributed by atoms with van der Waals surface area (Å²) < 4.78 is 122. The quantitative estimate of drug-likeness (QED) is 0.0244. The van der Waals surface area contributed by atoms with Gasteiger partial charge in [-0.05, 0) is 6.42 Å². The number of hydrogen-bond donors (Lipinski definition) is 3. The Morgan fingerprint density at radius 3 is 1.74 bits per heavy atom. The van der Waals surface area contributed by atoms with Crippen molar-refractivity contribution < 1.29 is 89.4 Å². The zero-order valence-electron chi connectivity index (χ0n) is 31.7. The average Bonchev–Trinajstić information content (AvgIpc) is 3.66. The Kier molecular flexibility index (Phi) is 23.5. The first kappa shape index (κ1) is 48.4. The van der Waals surface area contributed by atoms with E-state index in [4.69, 9.17) is 42.6 Å². The SMILES string of the molecule is C[C@H]1[C@H](OCCc2cn(CCOCCOCCOCCOCCOCCCOCCOCCC(=O)Oc3c(F)c(F)c(F)c(F)c3F)nn2)O[C@H](CO)[C@H](O)[C@@H]1O. The number of aromatic nitrogens is 3. The molecule has 2 aromatic rings. The number of rotatable bonds is 31. The van der Waals surface area contributed by atoms with Crippen molar-refractivity contribution in [2.75, 3.05) is 106 Å². The third-order valence-electron chi connectivity index (χ3n) is 8.15. The summed E-state index contributed by atoms with van der Waals surface area (Å²) in [6.45, 7) is 6.54. The second-order valence-corrected chi connectivity index (χ2v) is 12.4. The highest BCUT2D eigenvalue weighted by molar-refractivity contribution is 5.72. The molecule has 0 amide bonds. The van der Waals surface area contributed by atoms with E-state index >= 15 is 0 Å². The molecule has 5 atom stereocenters. The van der Waals surface area contributed by atoms with E-state index < -0.39 is 84.4 Å². The number of ether oxygens (including phenoxy) is 10. The molecule has 1 aliphatic rings. The maximum Gasteiger partial charge on any atom is 0.313 e.